The van der Waals surface area contributed by atoms with E-state index < -0.39 is 0 Å². The molecule has 3 rings (SSSR count). The SMILES string of the molecule is Cc1cc(C(=O)N2CCCCC(c3ccc(Cl)cc3)C2)c(C)o1. The molecule has 1 amide bonds. The summed E-state index contributed by atoms with van der Waals surface area (Å²) in [5.74, 6) is 1.95. The lowest BCUT2D eigenvalue weighted by Gasteiger charge is -2.24. The van der Waals surface area contributed by atoms with Crippen LogP contribution in [0, 0.1) is 13.8 Å². The number of likely N-dealkylation sites (tertiary alicyclic amines) is 1. The zero-order valence-corrected chi connectivity index (χ0v) is 14.4. The summed E-state index contributed by atoms with van der Waals surface area (Å²) in [4.78, 5) is 14.8. The zero-order valence-electron chi connectivity index (χ0n) is 13.6. The van der Waals surface area contributed by atoms with E-state index in [4.69, 9.17) is 16.0 Å². The van der Waals surface area contributed by atoms with E-state index in [9.17, 15) is 4.79 Å². The number of rotatable bonds is 2. The molecule has 0 saturated carbocycles. The van der Waals surface area contributed by atoms with Crippen molar-refractivity contribution in [3.05, 3.63) is 58.0 Å². The van der Waals surface area contributed by atoms with Crippen LogP contribution in [0.4, 0.5) is 0 Å². The van der Waals surface area contributed by atoms with Gasteiger partial charge < -0.3 is 9.32 Å². The molecule has 1 saturated heterocycles. The second-order valence-electron chi connectivity index (χ2n) is 6.32. The first-order valence-corrected chi connectivity index (χ1v) is 8.54. The van der Waals surface area contributed by atoms with Crippen molar-refractivity contribution in [1.29, 1.82) is 0 Å². The summed E-state index contributed by atoms with van der Waals surface area (Å²) in [7, 11) is 0. The molecule has 122 valence electrons. The molecular formula is C19H22ClNO2. The van der Waals surface area contributed by atoms with Gasteiger partial charge in [0.05, 0.1) is 5.56 Å². The topological polar surface area (TPSA) is 33.5 Å². The molecule has 1 aliphatic heterocycles. The van der Waals surface area contributed by atoms with E-state index in [0.717, 1.165) is 43.1 Å². The van der Waals surface area contributed by atoms with Gasteiger partial charge in [-0.15, -0.1) is 0 Å². The van der Waals surface area contributed by atoms with E-state index in [2.05, 4.69) is 12.1 Å². The number of hydrogen-bond donors (Lipinski definition) is 0. The van der Waals surface area contributed by atoms with Gasteiger partial charge in [-0.1, -0.05) is 30.2 Å². The highest BCUT2D eigenvalue weighted by Gasteiger charge is 2.26. The number of furan rings is 1. The van der Waals surface area contributed by atoms with Gasteiger partial charge in [0, 0.05) is 24.0 Å². The quantitative estimate of drug-likeness (QED) is 0.779. The summed E-state index contributed by atoms with van der Waals surface area (Å²) in [6.45, 7) is 5.30. The van der Waals surface area contributed by atoms with Gasteiger partial charge in [0.25, 0.3) is 5.91 Å². The van der Waals surface area contributed by atoms with Gasteiger partial charge in [-0.3, -0.25) is 4.79 Å². The lowest BCUT2D eigenvalue weighted by atomic mass is 9.94. The normalized spacial score (nSPS) is 18.7. The molecule has 1 aliphatic rings. The Morgan fingerprint density at radius 3 is 2.61 bits per heavy atom. The second-order valence-corrected chi connectivity index (χ2v) is 6.76. The maximum Gasteiger partial charge on any atom is 0.257 e. The number of amides is 1. The first-order chi connectivity index (χ1) is 11.0. The Morgan fingerprint density at radius 1 is 1.22 bits per heavy atom. The highest BCUT2D eigenvalue weighted by Crippen LogP contribution is 2.29. The predicted molar refractivity (Wildman–Crippen MR) is 92.1 cm³/mol. The van der Waals surface area contributed by atoms with Crippen molar-refractivity contribution in [3.8, 4) is 0 Å². The van der Waals surface area contributed by atoms with E-state index >= 15 is 0 Å². The summed E-state index contributed by atoms with van der Waals surface area (Å²) < 4.78 is 5.52. The van der Waals surface area contributed by atoms with Crippen LogP contribution >= 0.6 is 11.6 Å². The largest absolute Gasteiger partial charge is 0.466 e. The fourth-order valence-electron chi connectivity index (χ4n) is 3.35. The average Bonchev–Trinajstić information content (AvgIpc) is 2.74. The van der Waals surface area contributed by atoms with Crippen LogP contribution in [0.3, 0.4) is 0 Å². The fourth-order valence-corrected chi connectivity index (χ4v) is 3.47. The number of nitrogens with zero attached hydrogens (tertiary/aromatic N) is 1. The van der Waals surface area contributed by atoms with E-state index in [0.29, 0.717) is 17.2 Å². The molecule has 2 heterocycles. The molecule has 1 fully saturated rings. The molecule has 1 unspecified atom stereocenters. The van der Waals surface area contributed by atoms with Crippen LogP contribution < -0.4 is 0 Å². The number of carbonyl (C=O) groups excluding carboxylic acids is 1. The Hall–Kier alpha value is -1.74. The molecule has 3 nitrogen and oxygen atoms in total. The average molecular weight is 332 g/mol. The lowest BCUT2D eigenvalue weighted by molar-refractivity contribution is 0.0752. The maximum atomic E-state index is 12.9. The summed E-state index contributed by atoms with van der Waals surface area (Å²) >= 11 is 5.99. The van der Waals surface area contributed by atoms with Gasteiger partial charge in [-0.2, -0.15) is 0 Å². The minimum Gasteiger partial charge on any atom is -0.466 e. The van der Waals surface area contributed by atoms with Crippen LogP contribution in [0.15, 0.2) is 34.7 Å². The maximum absolute atomic E-state index is 12.9. The molecular weight excluding hydrogens is 310 g/mol. The van der Waals surface area contributed by atoms with Gasteiger partial charge >= 0.3 is 0 Å². The molecule has 1 atom stereocenters. The first kappa shape index (κ1) is 16.1. The van der Waals surface area contributed by atoms with Gasteiger partial charge in [0.2, 0.25) is 0 Å². The van der Waals surface area contributed by atoms with E-state index in [-0.39, 0.29) is 5.91 Å². The third kappa shape index (κ3) is 3.61. The van der Waals surface area contributed by atoms with Crippen LogP contribution in [0.5, 0.6) is 0 Å². The third-order valence-corrected chi connectivity index (χ3v) is 4.82. The van der Waals surface area contributed by atoms with Crippen molar-refractivity contribution >= 4 is 17.5 Å². The molecule has 0 aliphatic carbocycles. The Kier molecular flexibility index (Phi) is 4.76. The summed E-state index contributed by atoms with van der Waals surface area (Å²) in [5, 5.41) is 0.750. The van der Waals surface area contributed by atoms with Crippen LogP contribution in [-0.2, 0) is 0 Å². The van der Waals surface area contributed by atoms with E-state index in [1.807, 2.05) is 36.9 Å². The standard InChI is InChI=1S/C19H22ClNO2/c1-13-11-18(14(2)23-13)19(22)21-10-4-3-5-16(12-21)15-6-8-17(20)9-7-15/h6-9,11,16H,3-5,10,12H2,1-2H3. The molecule has 1 aromatic carbocycles. The molecule has 0 spiro atoms. The van der Waals surface area contributed by atoms with Crippen molar-refractivity contribution in [2.24, 2.45) is 0 Å². The molecule has 1 aromatic heterocycles. The van der Waals surface area contributed by atoms with Crippen LogP contribution in [0.25, 0.3) is 0 Å². The summed E-state index contributed by atoms with van der Waals surface area (Å²) in [6, 6.07) is 9.86. The number of benzene rings is 1. The smallest absolute Gasteiger partial charge is 0.257 e. The first-order valence-electron chi connectivity index (χ1n) is 8.16. The summed E-state index contributed by atoms with van der Waals surface area (Å²) in [5.41, 5.74) is 1.95. The van der Waals surface area contributed by atoms with Crippen molar-refractivity contribution in [3.63, 3.8) is 0 Å². The molecule has 2 aromatic rings. The number of halogens is 1. The molecule has 23 heavy (non-hydrogen) atoms. The molecule has 0 bridgehead atoms. The number of hydrogen-bond acceptors (Lipinski definition) is 2. The Bertz CT molecular complexity index is 690. The Labute approximate surface area is 142 Å². The monoisotopic (exact) mass is 331 g/mol. The Balaban J connectivity index is 1.80. The van der Waals surface area contributed by atoms with Crippen molar-refractivity contribution in [2.45, 2.75) is 39.0 Å². The highest BCUT2D eigenvalue weighted by molar-refractivity contribution is 6.30. The van der Waals surface area contributed by atoms with Crippen molar-refractivity contribution in [1.82, 2.24) is 4.90 Å². The van der Waals surface area contributed by atoms with Crippen LogP contribution in [0.1, 0.15) is 52.6 Å². The predicted octanol–water partition coefficient (Wildman–Crippen LogP) is 4.96. The van der Waals surface area contributed by atoms with Crippen molar-refractivity contribution < 1.29 is 9.21 Å². The number of aryl methyl sites for hydroxylation is 2. The fraction of sp³-hybridized carbons (Fsp3) is 0.421. The highest BCUT2D eigenvalue weighted by atomic mass is 35.5. The van der Waals surface area contributed by atoms with E-state index in [1.165, 1.54) is 5.56 Å². The molecule has 0 radical (unpaired) electrons. The van der Waals surface area contributed by atoms with E-state index in [1.54, 1.807) is 0 Å². The molecule has 0 N–H and O–H groups in total. The van der Waals surface area contributed by atoms with Gasteiger partial charge in [-0.25, -0.2) is 0 Å². The van der Waals surface area contributed by atoms with Crippen LogP contribution in [-0.4, -0.2) is 23.9 Å². The van der Waals surface area contributed by atoms with Gasteiger partial charge in [0.1, 0.15) is 11.5 Å². The number of carbonyl (C=O) groups is 1. The minimum atomic E-state index is 0.0835. The van der Waals surface area contributed by atoms with Gasteiger partial charge in [0.15, 0.2) is 0 Å². The molecule has 4 heteroatoms. The van der Waals surface area contributed by atoms with Crippen molar-refractivity contribution in [2.75, 3.05) is 13.1 Å². The second kappa shape index (κ2) is 6.79. The zero-order chi connectivity index (χ0) is 16.4. The summed E-state index contributed by atoms with van der Waals surface area (Å²) in [6.07, 6.45) is 3.29. The minimum absolute atomic E-state index is 0.0835. The Morgan fingerprint density at radius 2 is 1.96 bits per heavy atom. The lowest BCUT2D eigenvalue weighted by Crippen LogP contribution is -2.34. The van der Waals surface area contributed by atoms with Crippen LogP contribution in [0.2, 0.25) is 5.02 Å². The third-order valence-electron chi connectivity index (χ3n) is 4.57. The van der Waals surface area contributed by atoms with Gasteiger partial charge in [-0.05, 0) is 50.5 Å².